The molecule has 5 heteroatoms. The number of aliphatic hydroxyl groups is 2. The lowest BCUT2D eigenvalue weighted by Gasteiger charge is -2.49. The SMILES string of the molecule is COC(=O)/C1=C/CC[C@](C)(O)/C=C\[C@]2(C(C)C)CC[C@](C)(O)[C@H](CC1)O2. The third kappa shape index (κ3) is 4.76. The van der Waals surface area contributed by atoms with Crippen molar-refractivity contribution in [2.24, 2.45) is 5.92 Å². The second-order valence-electron chi connectivity index (χ2n) is 8.56. The van der Waals surface area contributed by atoms with Crippen LogP contribution in [0.15, 0.2) is 23.8 Å². The van der Waals surface area contributed by atoms with E-state index in [4.69, 9.17) is 9.47 Å². The first-order valence-corrected chi connectivity index (χ1v) is 9.62. The van der Waals surface area contributed by atoms with Gasteiger partial charge < -0.3 is 19.7 Å². The van der Waals surface area contributed by atoms with Crippen LogP contribution in [-0.2, 0) is 14.3 Å². The molecule has 26 heavy (non-hydrogen) atoms. The second kappa shape index (κ2) is 7.83. The number of carbonyl (C=O) groups excluding carboxylic acids is 1. The molecular weight excluding hydrogens is 332 g/mol. The van der Waals surface area contributed by atoms with Crippen molar-refractivity contribution >= 4 is 5.97 Å². The van der Waals surface area contributed by atoms with Crippen molar-refractivity contribution in [2.45, 2.75) is 89.1 Å². The molecule has 2 bridgehead atoms. The quantitative estimate of drug-likeness (QED) is 0.579. The maximum Gasteiger partial charge on any atom is 0.333 e. The highest BCUT2D eigenvalue weighted by Crippen LogP contribution is 2.43. The predicted molar refractivity (Wildman–Crippen MR) is 101 cm³/mol. The number of rotatable bonds is 2. The van der Waals surface area contributed by atoms with E-state index in [0.29, 0.717) is 44.1 Å². The van der Waals surface area contributed by atoms with Crippen LogP contribution < -0.4 is 0 Å². The van der Waals surface area contributed by atoms with Gasteiger partial charge in [0.05, 0.1) is 30.0 Å². The monoisotopic (exact) mass is 366 g/mol. The topological polar surface area (TPSA) is 76.0 Å². The number of carbonyl (C=O) groups is 1. The van der Waals surface area contributed by atoms with E-state index in [9.17, 15) is 15.0 Å². The van der Waals surface area contributed by atoms with Gasteiger partial charge in [0.1, 0.15) is 0 Å². The second-order valence-corrected chi connectivity index (χ2v) is 8.56. The molecule has 0 aromatic heterocycles. The van der Waals surface area contributed by atoms with Crippen molar-refractivity contribution in [3.63, 3.8) is 0 Å². The third-order valence-electron chi connectivity index (χ3n) is 5.94. The Morgan fingerprint density at radius 1 is 1.23 bits per heavy atom. The lowest BCUT2D eigenvalue weighted by Crippen LogP contribution is -2.55. The van der Waals surface area contributed by atoms with E-state index in [2.05, 4.69) is 13.8 Å². The van der Waals surface area contributed by atoms with Gasteiger partial charge in [-0.3, -0.25) is 0 Å². The first-order chi connectivity index (χ1) is 12.0. The van der Waals surface area contributed by atoms with Crippen LogP contribution in [-0.4, -0.2) is 46.2 Å². The molecule has 4 atom stereocenters. The molecule has 2 N–H and O–H groups in total. The molecule has 0 saturated carbocycles. The standard InChI is InChI=1S/C21H34O5/c1-15(2)21-13-11-19(3,23)10-6-7-16(18(22)25-5)8-9-17(26-21)20(4,24)12-14-21/h7,11,13,15,17,23-24H,6,8-10,12,14H2,1-5H3/b13-11-,16-7+/t17-,19-,20-,21+/m0/s1. The minimum atomic E-state index is -0.988. The minimum absolute atomic E-state index is 0.201. The van der Waals surface area contributed by atoms with E-state index in [1.54, 1.807) is 13.8 Å². The van der Waals surface area contributed by atoms with E-state index in [1.165, 1.54) is 7.11 Å². The number of methoxy groups -OCH3 is 1. The van der Waals surface area contributed by atoms with E-state index in [1.807, 2.05) is 18.2 Å². The number of fused-ring (bicyclic) bond motifs is 2. The summed E-state index contributed by atoms with van der Waals surface area (Å²) < 4.78 is 11.3. The summed E-state index contributed by atoms with van der Waals surface area (Å²) in [4.78, 5) is 12.1. The van der Waals surface area contributed by atoms with E-state index < -0.39 is 16.8 Å². The van der Waals surface area contributed by atoms with Crippen LogP contribution in [0.4, 0.5) is 0 Å². The Kier molecular flexibility index (Phi) is 6.36. The van der Waals surface area contributed by atoms with Crippen molar-refractivity contribution in [1.82, 2.24) is 0 Å². The average molecular weight is 366 g/mol. The zero-order valence-electron chi connectivity index (χ0n) is 16.7. The number of hydrogen-bond donors (Lipinski definition) is 2. The van der Waals surface area contributed by atoms with Gasteiger partial charge in [-0.15, -0.1) is 0 Å². The molecule has 0 aromatic rings. The van der Waals surface area contributed by atoms with Crippen LogP contribution in [0.1, 0.15) is 66.2 Å². The van der Waals surface area contributed by atoms with Crippen molar-refractivity contribution < 1.29 is 24.5 Å². The molecule has 1 fully saturated rings. The maximum atomic E-state index is 12.1. The number of esters is 1. The molecule has 0 aromatic carbocycles. The van der Waals surface area contributed by atoms with Gasteiger partial charge in [-0.2, -0.15) is 0 Å². The summed E-state index contributed by atoms with van der Waals surface area (Å²) >= 11 is 0. The molecule has 0 aliphatic carbocycles. The fourth-order valence-electron chi connectivity index (χ4n) is 3.82. The molecule has 2 aliphatic heterocycles. The summed E-state index contributed by atoms with van der Waals surface area (Å²) in [5.74, 6) is -0.158. The smallest absolute Gasteiger partial charge is 0.333 e. The van der Waals surface area contributed by atoms with E-state index in [-0.39, 0.29) is 18.0 Å². The molecule has 148 valence electrons. The van der Waals surface area contributed by atoms with Gasteiger partial charge in [0.25, 0.3) is 0 Å². The fraction of sp³-hybridized carbons (Fsp3) is 0.762. The number of ether oxygens (including phenoxy) is 2. The van der Waals surface area contributed by atoms with Crippen LogP contribution in [0.3, 0.4) is 0 Å². The lowest BCUT2D eigenvalue weighted by molar-refractivity contribution is -0.210. The van der Waals surface area contributed by atoms with E-state index in [0.717, 1.165) is 0 Å². The summed E-state index contributed by atoms with van der Waals surface area (Å²) in [6.45, 7) is 7.77. The fourth-order valence-corrected chi connectivity index (χ4v) is 3.82. The lowest BCUT2D eigenvalue weighted by atomic mass is 9.75. The molecule has 2 rings (SSSR count). The van der Waals surface area contributed by atoms with Gasteiger partial charge in [0.2, 0.25) is 0 Å². The van der Waals surface area contributed by atoms with Crippen LogP contribution in [0.2, 0.25) is 0 Å². The third-order valence-corrected chi connectivity index (χ3v) is 5.94. The molecule has 0 amide bonds. The van der Waals surface area contributed by atoms with Crippen LogP contribution in [0.5, 0.6) is 0 Å². The molecule has 0 spiro atoms. The van der Waals surface area contributed by atoms with E-state index >= 15 is 0 Å². The molecule has 2 heterocycles. The molecule has 1 saturated heterocycles. The van der Waals surface area contributed by atoms with Gasteiger partial charge in [0.15, 0.2) is 0 Å². The van der Waals surface area contributed by atoms with Gasteiger partial charge in [-0.25, -0.2) is 4.79 Å². The Hall–Kier alpha value is -1.17. The average Bonchev–Trinajstić information content (AvgIpc) is 2.56. The summed E-state index contributed by atoms with van der Waals surface area (Å²) in [5, 5.41) is 21.5. The van der Waals surface area contributed by atoms with Crippen molar-refractivity contribution in [1.29, 1.82) is 0 Å². The largest absolute Gasteiger partial charge is 0.466 e. The Morgan fingerprint density at radius 3 is 2.54 bits per heavy atom. The Bertz CT molecular complexity index is 573. The van der Waals surface area contributed by atoms with Crippen LogP contribution in [0, 0.1) is 5.92 Å². The Labute approximate surface area is 157 Å². The molecule has 0 unspecified atom stereocenters. The molecular formula is C21H34O5. The maximum absolute atomic E-state index is 12.1. The van der Waals surface area contributed by atoms with Crippen LogP contribution in [0.25, 0.3) is 0 Å². The first kappa shape index (κ1) is 21.1. The summed E-state index contributed by atoms with van der Waals surface area (Å²) in [6, 6.07) is 0. The van der Waals surface area contributed by atoms with Crippen molar-refractivity contribution in [3.05, 3.63) is 23.8 Å². The minimum Gasteiger partial charge on any atom is -0.466 e. The van der Waals surface area contributed by atoms with Crippen LogP contribution >= 0.6 is 0 Å². The highest BCUT2D eigenvalue weighted by atomic mass is 16.5. The summed E-state index contributed by atoms with van der Waals surface area (Å²) in [5.41, 5.74) is -1.88. The number of hydrogen-bond acceptors (Lipinski definition) is 5. The van der Waals surface area contributed by atoms with Gasteiger partial charge in [-0.05, 0) is 58.3 Å². The normalized spacial score (nSPS) is 42.2. The van der Waals surface area contributed by atoms with Gasteiger partial charge >= 0.3 is 5.97 Å². The van der Waals surface area contributed by atoms with Gasteiger partial charge in [0, 0.05) is 5.57 Å². The molecule has 5 nitrogen and oxygen atoms in total. The predicted octanol–water partition coefficient (Wildman–Crippen LogP) is 3.29. The molecule has 2 aliphatic rings. The Morgan fingerprint density at radius 2 is 1.92 bits per heavy atom. The zero-order chi connectivity index (χ0) is 19.6. The highest BCUT2D eigenvalue weighted by Gasteiger charge is 2.47. The molecule has 0 radical (unpaired) electrons. The summed E-state index contributed by atoms with van der Waals surface area (Å²) in [6.07, 6.45) is 8.69. The van der Waals surface area contributed by atoms with Crippen molar-refractivity contribution in [3.8, 4) is 0 Å². The van der Waals surface area contributed by atoms with Crippen molar-refractivity contribution in [2.75, 3.05) is 7.11 Å². The summed E-state index contributed by atoms with van der Waals surface area (Å²) in [7, 11) is 1.37. The Balaban J connectivity index is 2.40. The number of allylic oxidation sites excluding steroid dienone is 1. The zero-order valence-corrected chi connectivity index (χ0v) is 16.7. The highest BCUT2D eigenvalue weighted by molar-refractivity contribution is 5.88. The van der Waals surface area contributed by atoms with Gasteiger partial charge in [-0.1, -0.05) is 32.1 Å². The first-order valence-electron chi connectivity index (χ1n) is 9.62.